The zero-order valence-corrected chi connectivity index (χ0v) is 11.7. The number of ether oxygens (including phenoxy) is 1. The highest BCUT2D eigenvalue weighted by molar-refractivity contribution is 5.47. The molecule has 1 saturated heterocycles. The molecule has 0 aromatic heterocycles. The Morgan fingerprint density at radius 2 is 1.60 bits per heavy atom. The van der Waals surface area contributed by atoms with Gasteiger partial charge in [-0.15, -0.1) is 0 Å². The third-order valence-corrected chi connectivity index (χ3v) is 3.79. The van der Waals surface area contributed by atoms with Gasteiger partial charge in [-0.3, -0.25) is 0 Å². The molecule has 20 heavy (non-hydrogen) atoms. The molecule has 0 saturated carbocycles. The molecule has 2 heteroatoms. The average Bonchev–Trinajstić information content (AvgIpc) is 2.55. The minimum Gasteiger partial charge on any atom is -0.358 e. The summed E-state index contributed by atoms with van der Waals surface area (Å²) in [6.45, 7) is 1.78. The highest BCUT2D eigenvalue weighted by atomic mass is 16.5. The van der Waals surface area contributed by atoms with Crippen LogP contribution in [0.4, 0.5) is 5.69 Å². The number of para-hydroxylation sites is 1. The second kappa shape index (κ2) is 6.58. The Balaban J connectivity index is 1.83. The fraction of sp³-hybridized carbons (Fsp3) is 0.333. The van der Waals surface area contributed by atoms with Gasteiger partial charge in [0.05, 0.1) is 0 Å². The lowest BCUT2D eigenvalue weighted by atomic mass is 10.1. The van der Waals surface area contributed by atoms with Crippen molar-refractivity contribution in [3.8, 4) is 0 Å². The molecule has 0 spiro atoms. The molecule has 1 aliphatic heterocycles. The minimum atomic E-state index is 0.200. The Morgan fingerprint density at radius 1 is 0.900 bits per heavy atom. The molecule has 1 fully saturated rings. The number of anilines is 1. The Morgan fingerprint density at radius 3 is 2.25 bits per heavy atom. The van der Waals surface area contributed by atoms with E-state index < -0.39 is 0 Å². The Bertz CT molecular complexity index is 505. The van der Waals surface area contributed by atoms with Crippen molar-refractivity contribution < 1.29 is 4.74 Å². The fourth-order valence-electron chi connectivity index (χ4n) is 2.73. The van der Waals surface area contributed by atoms with Gasteiger partial charge in [-0.2, -0.15) is 0 Å². The van der Waals surface area contributed by atoms with Gasteiger partial charge in [0, 0.05) is 18.8 Å². The molecule has 0 bridgehead atoms. The molecule has 1 atom stereocenters. The molecule has 3 rings (SSSR count). The molecule has 1 heterocycles. The quantitative estimate of drug-likeness (QED) is 0.822. The summed E-state index contributed by atoms with van der Waals surface area (Å²) in [6.07, 6.45) is 3.75. The third kappa shape index (κ3) is 3.20. The lowest BCUT2D eigenvalue weighted by molar-refractivity contribution is 0.0133. The molecule has 0 radical (unpaired) electrons. The summed E-state index contributed by atoms with van der Waals surface area (Å²) >= 11 is 0. The van der Waals surface area contributed by atoms with Gasteiger partial charge in [0.25, 0.3) is 0 Å². The minimum absolute atomic E-state index is 0.200. The first-order valence-corrected chi connectivity index (χ1v) is 7.41. The van der Waals surface area contributed by atoms with E-state index in [-0.39, 0.29) is 6.23 Å². The maximum atomic E-state index is 5.99. The molecule has 0 aliphatic carbocycles. The molecule has 1 unspecified atom stereocenters. The summed E-state index contributed by atoms with van der Waals surface area (Å²) in [4.78, 5) is 2.38. The second-order valence-corrected chi connectivity index (χ2v) is 5.27. The number of benzene rings is 2. The SMILES string of the molecule is c1ccc(CN(c2ccccc2)C2CCCCO2)cc1. The van der Waals surface area contributed by atoms with E-state index in [2.05, 4.69) is 65.6 Å². The van der Waals surface area contributed by atoms with E-state index in [9.17, 15) is 0 Å². The van der Waals surface area contributed by atoms with E-state index in [1.54, 1.807) is 0 Å². The third-order valence-electron chi connectivity index (χ3n) is 3.79. The fourth-order valence-corrected chi connectivity index (χ4v) is 2.73. The standard InChI is InChI=1S/C18H21NO/c1-3-9-16(10-4-1)15-19(17-11-5-2-6-12-17)18-13-7-8-14-20-18/h1-6,9-12,18H,7-8,13-15H2. The van der Waals surface area contributed by atoms with E-state index in [4.69, 9.17) is 4.74 Å². The predicted molar refractivity (Wildman–Crippen MR) is 82.7 cm³/mol. The summed E-state index contributed by atoms with van der Waals surface area (Å²) in [5.74, 6) is 0. The van der Waals surface area contributed by atoms with Gasteiger partial charge >= 0.3 is 0 Å². The normalized spacial score (nSPS) is 18.7. The summed E-state index contributed by atoms with van der Waals surface area (Å²) in [6, 6.07) is 21.2. The molecule has 1 aliphatic rings. The van der Waals surface area contributed by atoms with Crippen LogP contribution in [-0.2, 0) is 11.3 Å². The van der Waals surface area contributed by atoms with Gasteiger partial charge in [0.2, 0.25) is 0 Å². The maximum Gasteiger partial charge on any atom is 0.130 e. The topological polar surface area (TPSA) is 12.5 Å². The number of hydrogen-bond donors (Lipinski definition) is 0. The van der Waals surface area contributed by atoms with Crippen molar-refractivity contribution in [1.29, 1.82) is 0 Å². The van der Waals surface area contributed by atoms with Crippen molar-refractivity contribution >= 4 is 5.69 Å². The molecular weight excluding hydrogens is 246 g/mol. The van der Waals surface area contributed by atoms with Crippen LogP contribution in [-0.4, -0.2) is 12.8 Å². The zero-order chi connectivity index (χ0) is 13.6. The average molecular weight is 267 g/mol. The summed E-state index contributed by atoms with van der Waals surface area (Å²) in [5, 5.41) is 0. The van der Waals surface area contributed by atoms with Gasteiger partial charge in [0.15, 0.2) is 0 Å². The van der Waals surface area contributed by atoms with E-state index in [1.165, 1.54) is 24.1 Å². The largest absolute Gasteiger partial charge is 0.358 e. The smallest absolute Gasteiger partial charge is 0.130 e. The number of nitrogens with zero attached hydrogens (tertiary/aromatic N) is 1. The van der Waals surface area contributed by atoms with Crippen molar-refractivity contribution in [2.75, 3.05) is 11.5 Å². The van der Waals surface area contributed by atoms with Crippen LogP contribution in [0.25, 0.3) is 0 Å². The molecule has 2 nitrogen and oxygen atoms in total. The Labute approximate surface area is 121 Å². The van der Waals surface area contributed by atoms with Crippen LogP contribution in [0.5, 0.6) is 0 Å². The number of rotatable bonds is 4. The van der Waals surface area contributed by atoms with E-state index in [0.29, 0.717) is 0 Å². The highest BCUT2D eigenvalue weighted by Crippen LogP contribution is 2.25. The van der Waals surface area contributed by atoms with E-state index >= 15 is 0 Å². The van der Waals surface area contributed by atoms with Crippen molar-refractivity contribution in [2.45, 2.75) is 32.0 Å². The summed E-state index contributed by atoms with van der Waals surface area (Å²) in [7, 11) is 0. The van der Waals surface area contributed by atoms with E-state index in [0.717, 1.165) is 19.6 Å². The van der Waals surface area contributed by atoms with Crippen LogP contribution in [0.2, 0.25) is 0 Å². The van der Waals surface area contributed by atoms with Crippen molar-refractivity contribution in [1.82, 2.24) is 0 Å². The first-order valence-electron chi connectivity index (χ1n) is 7.41. The van der Waals surface area contributed by atoms with E-state index in [1.807, 2.05) is 0 Å². The Kier molecular flexibility index (Phi) is 4.34. The summed E-state index contributed by atoms with van der Waals surface area (Å²) < 4.78 is 5.99. The molecule has 0 N–H and O–H groups in total. The van der Waals surface area contributed by atoms with Gasteiger partial charge < -0.3 is 9.64 Å². The van der Waals surface area contributed by atoms with Gasteiger partial charge in [-0.05, 0) is 37.0 Å². The number of hydrogen-bond acceptors (Lipinski definition) is 2. The molecular formula is C18H21NO. The van der Waals surface area contributed by atoms with Crippen molar-refractivity contribution in [3.63, 3.8) is 0 Å². The summed E-state index contributed by atoms with van der Waals surface area (Å²) in [5.41, 5.74) is 2.56. The second-order valence-electron chi connectivity index (χ2n) is 5.27. The monoisotopic (exact) mass is 267 g/mol. The highest BCUT2D eigenvalue weighted by Gasteiger charge is 2.22. The van der Waals surface area contributed by atoms with Crippen LogP contribution in [0.15, 0.2) is 60.7 Å². The first kappa shape index (κ1) is 13.2. The molecule has 2 aromatic carbocycles. The molecule has 104 valence electrons. The van der Waals surface area contributed by atoms with Crippen LogP contribution in [0.3, 0.4) is 0 Å². The van der Waals surface area contributed by atoms with Crippen LogP contribution in [0.1, 0.15) is 24.8 Å². The van der Waals surface area contributed by atoms with Crippen molar-refractivity contribution in [2.24, 2.45) is 0 Å². The zero-order valence-electron chi connectivity index (χ0n) is 11.7. The van der Waals surface area contributed by atoms with Crippen molar-refractivity contribution in [3.05, 3.63) is 66.2 Å². The predicted octanol–water partition coefficient (Wildman–Crippen LogP) is 4.22. The van der Waals surface area contributed by atoms with Crippen LogP contribution < -0.4 is 4.90 Å². The lowest BCUT2D eigenvalue weighted by Crippen LogP contribution is -2.39. The Hall–Kier alpha value is -1.80. The van der Waals surface area contributed by atoms with Gasteiger partial charge in [-0.1, -0.05) is 48.5 Å². The molecule has 0 amide bonds. The molecule has 2 aromatic rings. The maximum absolute atomic E-state index is 5.99. The van der Waals surface area contributed by atoms with Gasteiger partial charge in [0.1, 0.15) is 6.23 Å². The van der Waals surface area contributed by atoms with Crippen LogP contribution in [0, 0.1) is 0 Å². The lowest BCUT2D eigenvalue weighted by Gasteiger charge is -2.36. The first-order chi connectivity index (χ1) is 9.93. The van der Waals surface area contributed by atoms with Crippen LogP contribution >= 0.6 is 0 Å². The van der Waals surface area contributed by atoms with Gasteiger partial charge in [-0.25, -0.2) is 0 Å².